The van der Waals surface area contributed by atoms with Gasteiger partial charge in [-0.15, -0.1) is 0 Å². The Labute approximate surface area is 170 Å². The van der Waals surface area contributed by atoms with Gasteiger partial charge in [-0.05, 0) is 43.3 Å². The summed E-state index contributed by atoms with van der Waals surface area (Å²) < 4.78 is 4.91. The van der Waals surface area contributed by atoms with E-state index < -0.39 is 30.3 Å². The van der Waals surface area contributed by atoms with Gasteiger partial charge >= 0.3 is 5.97 Å². The number of esters is 1. The first-order chi connectivity index (χ1) is 13.3. The van der Waals surface area contributed by atoms with E-state index in [4.69, 9.17) is 27.9 Å². The minimum absolute atomic E-state index is 0.0557. The molecule has 3 amide bonds. The quantitative estimate of drug-likeness (QED) is 0.592. The molecule has 0 saturated carbocycles. The summed E-state index contributed by atoms with van der Waals surface area (Å²) in [6.45, 7) is 1.71. The van der Waals surface area contributed by atoms with Gasteiger partial charge in [-0.25, -0.2) is 9.69 Å². The molecule has 2 aromatic rings. The maximum Gasteiger partial charge on any atom is 0.338 e. The minimum atomic E-state index is -0.776. The van der Waals surface area contributed by atoms with E-state index in [-0.39, 0.29) is 27.4 Å². The van der Waals surface area contributed by atoms with Crippen molar-refractivity contribution in [3.05, 3.63) is 63.1 Å². The predicted molar refractivity (Wildman–Crippen MR) is 103 cm³/mol. The summed E-state index contributed by atoms with van der Waals surface area (Å²) in [6.07, 6.45) is 0. The van der Waals surface area contributed by atoms with Crippen molar-refractivity contribution in [2.75, 3.05) is 18.1 Å². The summed E-state index contributed by atoms with van der Waals surface area (Å²) in [5.41, 5.74) is 0.529. The topological polar surface area (TPSA) is 92.8 Å². The van der Waals surface area contributed by atoms with Gasteiger partial charge in [-0.2, -0.15) is 0 Å². The molecular weight excluding hydrogens is 407 g/mol. The maximum absolute atomic E-state index is 12.7. The monoisotopic (exact) mass is 420 g/mol. The molecule has 0 fully saturated rings. The van der Waals surface area contributed by atoms with E-state index in [1.165, 1.54) is 36.4 Å². The fourth-order valence-electron chi connectivity index (χ4n) is 2.69. The lowest BCUT2D eigenvalue weighted by Gasteiger charge is -2.14. The highest BCUT2D eigenvalue weighted by molar-refractivity contribution is 6.42. The van der Waals surface area contributed by atoms with E-state index in [0.717, 1.165) is 4.90 Å². The van der Waals surface area contributed by atoms with Crippen LogP contribution in [0.25, 0.3) is 0 Å². The standard InChI is InChI=1S/C19H14Cl2N2O5/c1-2-22-16(24)9-28-19(27)10-3-5-12-13(7-10)18(26)23(17(12)25)11-4-6-14(20)15(21)8-11/h3-8H,2,9H2,1H3,(H,22,24). The van der Waals surface area contributed by atoms with Crippen LogP contribution in [0.3, 0.4) is 0 Å². The largest absolute Gasteiger partial charge is 0.452 e. The molecule has 1 heterocycles. The Hall–Kier alpha value is -2.90. The smallest absolute Gasteiger partial charge is 0.338 e. The molecule has 144 valence electrons. The van der Waals surface area contributed by atoms with Crippen molar-refractivity contribution in [3.63, 3.8) is 0 Å². The van der Waals surface area contributed by atoms with E-state index >= 15 is 0 Å². The normalized spacial score (nSPS) is 12.8. The Morgan fingerprint density at radius 1 is 1.00 bits per heavy atom. The molecule has 28 heavy (non-hydrogen) atoms. The third-order valence-corrected chi connectivity index (χ3v) is 4.73. The van der Waals surface area contributed by atoms with Crippen LogP contribution in [0.5, 0.6) is 0 Å². The number of hydrogen-bond donors (Lipinski definition) is 1. The third-order valence-electron chi connectivity index (χ3n) is 3.99. The van der Waals surface area contributed by atoms with Crippen LogP contribution in [0.1, 0.15) is 38.0 Å². The van der Waals surface area contributed by atoms with Gasteiger partial charge < -0.3 is 10.1 Å². The molecule has 0 saturated heterocycles. The molecule has 9 heteroatoms. The van der Waals surface area contributed by atoms with Crippen molar-refractivity contribution in [2.24, 2.45) is 0 Å². The summed E-state index contributed by atoms with van der Waals surface area (Å²) in [6, 6.07) is 8.39. The molecule has 0 unspecified atom stereocenters. The van der Waals surface area contributed by atoms with E-state index in [0.29, 0.717) is 11.6 Å². The van der Waals surface area contributed by atoms with Gasteiger partial charge in [0.15, 0.2) is 6.61 Å². The molecule has 1 N–H and O–H groups in total. The number of nitrogens with zero attached hydrogens (tertiary/aromatic N) is 1. The first kappa shape index (κ1) is 19.9. The van der Waals surface area contributed by atoms with Crippen LogP contribution in [0, 0.1) is 0 Å². The number of carbonyl (C=O) groups is 4. The average molecular weight is 421 g/mol. The number of anilines is 1. The number of hydrogen-bond acceptors (Lipinski definition) is 5. The van der Waals surface area contributed by atoms with E-state index in [9.17, 15) is 19.2 Å². The highest BCUT2D eigenvalue weighted by atomic mass is 35.5. The molecule has 2 aromatic carbocycles. The number of ether oxygens (including phenoxy) is 1. The Morgan fingerprint density at radius 3 is 2.39 bits per heavy atom. The van der Waals surface area contributed by atoms with Crippen LogP contribution >= 0.6 is 23.2 Å². The minimum Gasteiger partial charge on any atom is -0.452 e. The number of imide groups is 1. The fourth-order valence-corrected chi connectivity index (χ4v) is 2.98. The van der Waals surface area contributed by atoms with Gasteiger partial charge in [0.05, 0.1) is 32.4 Å². The molecule has 0 aromatic heterocycles. The summed E-state index contributed by atoms with van der Waals surface area (Å²) in [4.78, 5) is 49.9. The number of rotatable bonds is 5. The lowest BCUT2D eigenvalue weighted by atomic mass is 10.1. The Balaban J connectivity index is 1.84. The third kappa shape index (κ3) is 3.72. The molecule has 0 atom stereocenters. The number of fused-ring (bicyclic) bond motifs is 1. The van der Waals surface area contributed by atoms with E-state index in [1.807, 2.05) is 0 Å². The van der Waals surface area contributed by atoms with Crippen LogP contribution < -0.4 is 10.2 Å². The van der Waals surface area contributed by atoms with Crippen molar-refractivity contribution >= 4 is 52.6 Å². The van der Waals surface area contributed by atoms with Gasteiger partial charge in [0.1, 0.15) is 0 Å². The molecule has 0 bridgehead atoms. The van der Waals surface area contributed by atoms with Gasteiger partial charge in [-0.1, -0.05) is 23.2 Å². The number of nitrogens with one attached hydrogen (secondary N) is 1. The maximum atomic E-state index is 12.7. The summed E-state index contributed by atoms with van der Waals surface area (Å²) in [7, 11) is 0. The number of halogens is 2. The second-order valence-corrected chi connectivity index (χ2v) is 6.65. The van der Waals surface area contributed by atoms with Crippen molar-refractivity contribution in [1.82, 2.24) is 5.32 Å². The second-order valence-electron chi connectivity index (χ2n) is 5.83. The molecule has 1 aliphatic heterocycles. The predicted octanol–water partition coefficient (Wildman–Crippen LogP) is 3.09. The number of amides is 3. The van der Waals surface area contributed by atoms with Crippen LogP contribution in [0.2, 0.25) is 10.0 Å². The SMILES string of the molecule is CCNC(=O)COC(=O)c1ccc2c(c1)C(=O)N(c1ccc(Cl)c(Cl)c1)C2=O. The molecule has 0 radical (unpaired) electrons. The van der Waals surface area contributed by atoms with Crippen LogP contribution in [-0.4, -0.2) is 36.8 Å². The summed E-state index contributed by atoms with van der Waals surface area (Å²) >= 11 is 11.8. The van der Waals surface area contributed by atoms with Gasteiger partial charge in [-0.3, -0.25) is 14.4 Å². The molecule has 3 rings (SSSR count). The summed E-state index contributed by atoms with van der Waals surface area (Å²) in [5.74, 6) is -2.35. The number of benzene rings is 2. The average Bonchev–Trinajstić information content (AvgIpc) is 2.92. The van der Waals surface area contributed by atoms with Crippen LogP contribution in [0.15, 0.2) is 36.4 Å². The number of likely N-dealkylation sites (N-methyl/N-ethyl adjacent to an activating group) is 1. The zero-order valence-electron chi connectivity index (χ0n) is 14.6. The summed E-state index contributed by atoms with van der Waals surface area (Å²) in [5, 5.41) is 2.99. The zero-order chi connectivity index (χ0) is 20.4. The highest BCUT2D eigenvalue weighted by Crippen LogP contribution is 2.33. The molecule has 1 aliphatic rings. The second kappa shape index (κ2) is 8.00. The van der Waals surface area contributed by atoms with Crippen molar-refractivity contribution < 1.29 is 23.9 Å². The van der Waals surface area contributed by atoms with E-state index in [1.54, 1.807) is 6.92 Å². The lowest BCUT2D eigenvalue weighted by molar-refractivity contribution is -0.124. The Bertz CT molecular complexity index is 1010. The zero-order valence-corrected chi connectivity index (χ0v) is 16.1. The highest BCUT2D eigenvalue weighted by Gasteiger charge is 2.37. The van der Waals surface area contributed by atoms with Crippen molar-refractivity contribution in [2.45, 2.75) is 6.92 Å². The van der Waals surface area contributed by atoms with Crippen molar-refractivity contribution in [3.8, 4) is 0 Å². The molecular formula is C19H14Cl2N2O5. The van der Waals surface area contributed by atoms with Crippen LogP contribution in [-0.2, 0) is 9.53 Å². The van der Waals surface area contributed by atoms with Gasteiger partial charge in [0.25, 0.3) is 17.7 Å². The van der Waals surface area contributed by atoms with Gasteiger partial charge in [0.2, 0.25) is 0 Å². The number of carbonyl (C=O) groups excluding carboxylic acids is 4. The Morgan fingerprint density at radius 2 is 1.71 bits per heavy atom. The van der Waals surface area contributed by atoms with Crippen molar-refractivity contribution in [1.29, 1.82) is 0 Å². The Kier molecular flexibility index (Phi) is 5.67. The first-order valence-electron chi connectivity index (χ1n) is 8.25. The van der Waals surface area contributed by atoms with Gasteiger partial charge in [0, 0.05) is 6.54 Å². The molecule has 0 spiro atoms. The molecule has 0 aliphatic carbocycles. The van der Waals surface area contributed by atoms with E-state index in [2.05, 4.69) is 5.32 Å². The first-order valence-corrected chi connectivity index (χ1v) is 9.00. The lowest BCUT2D eigenvalue weighted by Crippen LogP contribution is -2.29. The van der Waals surface area contributed by atoms with Crippen LogP contribution in [0.4, 0.5) is 5.69 Å². The fraction of sp³-hybridized carbons (Fsp3) is 0.158. The molecule has 7 nitrogen and oxygen atoms in total.